The monoisotopic (exact) mass is 362 g/mol. The van der Waals surface area contributed by atoms with Crippen LogP contribution >= 0.6 is 0 Å². The van der Waals surface area contributed by atoms with Crippen LogP contribution in [0.25, 0.3) is 10.9 Å². The van der Waals surface area contributed by atoms with E-state index >= 15 is 0 Å². The van der Waals surface area contributed by atoms with Gasteiger partial charge in [0.25, 0.3) is 5.91 Å². The molecule has 0 saturated heterocycles. The standard InChI is InChI=1S/C22H22N2O3/c1-13(2)14-3-5-18-16(9-14)17-11-24(8-7-19(17)23-18)22(25)15-4-6-20-21(10-15)27-12-26-20/h3-6,9-10,13,23H,7-8,11-12H2,1-2H3. The quantitative estimate of drug-likeness (QED) is 0.743. The van der Waals surface area contributed by atoms with Gasteiger partial charge in [-0.15, -0.1) is 0 Å². The van der Waals surface area contributed by atoms with Crippen molar-refractivity contribution in [3.63, 3.8) is 0 Å². The number of fused-ring (bicyclic) bond motifs is 4. The molecule has 138 valence electrons. The number of rotatable bonds is 2. The van der Waals surface area contributed by atoms with Gasteiger partial charge in [-0.1, -0.05) is 19.9 Å². The average Bonchev–Trinajstić information content (AvgIpc) is 3.29. The number of amides is 1. The molecule has 2 aromatic carbocycles. The van der Waals surface area contributed by atoms with E-state index in [4.69, 9.17) is 9.47 Å². The highest BCUT2D eigenvalue weighted by Gasteiger charge is 2.26. The normalized spacial score (nSPS) is 15.4. The third kappa shape index (κ3) is 2.65. The van der Waals surface area contributed by atoms with E-state index < -0.39 is 0 Å². The second kappa shape index (κ2) is 6.05. The summed E-state index contributed by atoms with van der Waals surface area (Å²) in [5.74, 6) is 1.86. The van der Waals surface area contributed by atoms with Gasteiger partial charge in [-0.2, -0.15) is 0 Å². The minimum atomic E-state index is 0.0355. The minimum absolute atomic E-state index is 0.0355. The molecule has 5 rings (SSSR count). The SMILES string of the molecule is CC(C)c1ccc2[nH]c3c(c2c1)CN(C(=O)c1ccc2c(c1)OCO2)CC3. The van der Waals surface area contributed by atoms with Crippen molar-refractivity contribution < 1.29 is 14.3 Å². The van der Waals surface area contributed by atoms with Crippen LogP contribution in [0.15, 0.2) is 36.4 Å². The van der Waals surface area contributed by atoms with Gasteiger partial charge in [-0.25, -0.2) is 0 Å². The fourth-order valence-corrected chi connectivity index (χ4v) is 3.98. The van der Waals surface area contributed by atoms with Crippen molar-refractivity contribution in [3.05, 3.63) is 58.8 Å². The molecule has 0 fully saturated rings. The fraction of sp³-hybridized carbons (Fsp3) is 0.318. The summed E-state index contributed by atoms with van der Waals surface area (Å²) >= 11 is 0. The maximum atomic E-state index is 13.1. The zero-order valence-corrected chi connectivity index (χ0v) is 15.5. The van der Waals surface area contributed by atoms with Crippen LogP contribution in [-0.4, -0.2) is 29.1 Å². The first kappa shape index (κ1) is 16.2. The van der Waals surface area contributed by atoms with E-state index in [1.807, 2.05) is 17.0 Å². The zero-order chi connectivity index (χ0) is 18.5. The third-order valence-electron chi connectivity index (χ3n) is 5.57. The van der Waals surface area contributed by atoms with E-state index in [9.17, 15) is 4.79 Å². The van der Waals surface area contributed by atoms with Gasteiger partial charge < -0.3 is 19.4 Å². The molecular weight excluding hydrogens is 340 g/mol. The number of carbonyl (C=O) groups excluding carboxylic acids is 1. The number of aromatic amines is 1. The van der Waals surface area contributed by atoms with Crippen LogP contribution in [0.1, 0.15) is 46.9 Å². The maximum Gasteiger partial charge on any atom is 0.254 e. The van der Waals surface area contributed by atoms with Gasteiger partial charge in [0.05, 0.1) is 0 Å². The van der Waals surface area contributed by atoms with Crippen molar-refractivity contribution in [2.75, 3.05) is 13.3 Å². The van der Waals surface area contributed by atoms with Crippen LogP contribution in [-0.2, 0) is 13.0 Å². The molecule has 0 radical (unpaired) electrons. The molecule has 1 amide bonds. The van der Waals surface area contributed by atoms with Crippen LogP contribution in [0.5, 0.6) is 11.5 Å². The summed E-state index contributed by atoms with van der Waals surface area (Å²) in [4.78, 5) is 18.5. The molecule has 0 atom stereocenters. The van der Waals surface area contributed by atoms with E-state index in [0.717, 1.165) is 11.9 Å². The van der Waals surface area contributed by atoms with E-state index in [-0.39, 0.29) is 12.7 Å². The van der Waals surface area contributed by atoms with Crippen molar-refractivity contribution in [1.29, 1.82) is 0 Å². The van der Waals surface area contributed by atoms with Gasteiger partial charge in [0.2, 0.25) is 6.79 Å². The molecule has 2 aliphatic heterocycles. The molecule has 1 N–H and O–H groups in total. The van der Waals surface area contributed by atoms with Crippen LogP contribution in [0, 0.1) is 0 Å². The van der Waals surface area contributed by atoms with Crippen molar-refractivity contribution in [1.82, 2.24) is 9.88 Å². The van der Waals surface area contributed by atoms with Crippen LogP contribution in [0.2, 0.25) is 0 Å². The van der Waals surface area contributed by atoms with E-state index in [1.54, 1.807) is 6.07 Å². The van der Waals surface area contributed by atoms with Gasteiger partial charge in [0.15, 0.2) is 11.5 Å². The first-order valence-electron chi connectivity index (χ1n) is 9.42. The fourth-order valence-electron chi connectivity index (χ4n) is 3.98. The maximum absolute atomic E-state index is 13.1. The highest BCUT2D eigenvalue weighted by molar-refractivity contribution is 5.96. The van der Waals surface area contributed by atoms with Gasteiger partial charge in [0, 0.05) is 47.2 Å². The lowest BCUT2D eigenvalue weighted by Crippen LogP contribution is -2.35. The average molecular weight is 362 g/mol. The molecule has 0 spiro atoms. The molecule has 5 nitrogen and oxygen atoms in total. The van der Waals surface area contributed by atoms with Gasteiger partial charge in [-0.05, 0) is 41.8 Å². The second-order valence-electron chi connectivity index (χ2n) is 7.59. The summed E-state index contributed by atoms with van der Waals surface area (Å²) in [7, 11) is 0. The minimum Gasteiger partial charge on any atom is -0.454 e. The Morgan fingerprint density at radius 2 is 1.96 bits per heavy atom. The number of nitrogens with one attached hydrogen (secondary N) is 1. The summed E-state index contributed by atoms with van der Waals surface area (Å²) in [5, 5.41) is 1.24. The Morgan fingerprint density at radius 1 is 1.11 bits per heavy atom. The molecular formula is C22H22N2O3. The Bertz CT molecular complexity index is 1050. The first-order chi connectivity index (χ1) is 13.1. The lowest BCUT2D eigenvalue weighted by Gasteiger charge is -2.27. The van der Waals surface area contributed by atoms with Crippen molar-refractivity contribution in [3.8, 4) is 11.5 Å². The van der Waals surface area contributed by atoms with E-state index in [1.165, 1.54) is 22.2 Å². The number of ether oxygens (including phenoxy) is 2. The Morgan fingerprint density at radius 3 is 2.81 bits per heavy atom. The molecule has 0 bridgehead atoms. The summed E-state index contributed by atoms with van der Waals surface area (Å²) in [6, 6.07) is 12.0. The Kier molecular flexibility index (Phi) is 3.64. The predicted molar refractivity (Wildman–Crippen MR) is 103 cm³/mol. The second-order valence-corrected chi connectivity index (χ2v) is 7.59. The Balaban J connectivity index is 1.47. The van der Waals surface area contributed by atoms with Gasteiger partial charge >= 0.3 is 0 Å². The van der Waals surface area contributed by atoms with Crippen molar-refractivity contribution >= 4 is 16.8 Å². The topological polar surface area (TPSA) is 54.6 Å². The number of nitrogens with zero attached hydrogens (tertiary/aromatic N) is 1. The largest absolute Gasteiger partial charge is 0.454 e. The molecule has 3 heterocycles. The van der Waals surface area contributed by atoms with Gasteiger partial charge in [-0.3, -0.25) is 4.79 Å². The molecule has 0 aliphatic carbocycles. The number of hydrogen-bond acceptors (Lipinski definition) is 3. The molecule has 2 aliphatic rings. The van der Waals surface area contributed by atoms with E-state index in [0.29, 0.717) is 36.1 Å². The lowest BCUT2D eigenvalue weighted by molar-refractivity contribution is 0.0734. The molecule has 0 unspecified atom stereocenters. The Labute approximate surface area is 157 Å². The van der Waals surface area contributed by atoms with Crippen LogP contribution < -0.4 is 9.47 Å². The summed E-state index contributed by atoms with van der Waals surface area (Å²) in [6.45, 7) is 5.97. The third-order valence-corrected chi connectivity index (χ3v) is 5.57. The molecule has 1 aromatic heterocycles. The molecule has 27 heavy (non-hydrogen) atoms. The lowest BCUT2D eigenvalue weighted by atomic mass is 9.98. The predicted octanol–water partition coefficient (Wildman–Crippen LogP) is 4.22. The number of benzene rings is 2. The molecule has 3 aromatic rings. The van der Waals surface area contributed by atoms with Crippen LogP contribution in [0.4, 0.5) is 0 Å². The van der Waals surface area contributed by atoms with Crippen molar-refractivity contribution in [2.24, 2.45) is 0 Å². The van der Waals surface area contributed by atoms with Crippen LogP contribution in [0.3, 0.4) is 0 Å². The highest BCUT2D eigenvalue weighted by Crippen LogP contribution is 2.34. The molecule has 5 heteroatoms. The number of hydrogen-bond donors (Lipinski definition) is 1. The number of carbonyl (C=O) groups is 1. The summed E-state index contributed by atoms with van der Waals surface area (Å²) < 4.78 is 10.8. The zero-order valence-electron chi connectivity index (χ0n) is 15.5. The molecule has 0 saturated carbocycles. The summed E-state index contributed by atoms with van der Waals surface area (Å²) in [6.07, 6.45) is 0.845. The smallest absolute Gasteiger partial charge is 0.254 e. The summed E-state index contributed by atoms with van der Waals surface area (Å²) in [5.41, 5.74) is 5.61. The highest BCUT2D eigenvalue weighted by atomic mass is 16.7. The number of H-pyrrole nitrogens is 1. The van der Waals surface area contributed by atoms with Crippen molar-refractivity contribution in [2.45, 2.75) is 32.7 Å². The van der Waals surface area contributed by atoms with E-state index in [2.05, 4.69) is 37.0 Å². The number of aromatic nitrogens is 1. The Hall–Kier alpha value is -2.95. The first-order valence-corrected chi connectivity index (χ1v) is 9.42. The van der Waals surface area contributed by atoms with Gasteiger partial charge in [0.1, 0.15) is 0 Å².